The van der Waals surface area contributed by atoms with Gasteiger partial charge in [0.1, 0.15) is 0 Å². The molecule has 0 saturated heterocycles. The molecule has 2 amide bonds. The summed E-state index contributed by atoms with van der Waals surface area (Å²) in [5.41, 5.74) is 3.31. The van der Waals surface area contributed by atoms with Crippen molar-refractivity contribution in [3.05, 3.63) is 106 Å². The van der Waals surface area contributed by atoms with Crippen LogP contribution >= 0.6 is 15.9 Å². The average molecular weight is 409 g/mol. The van der Waals surface area contributed by atoms with Gasteiger partial charge in [-0.3, -0.25) is 0 Å². The molecule has 0 spiro atoms. The van der Waals surface area contributed by atoms with Gasteiger partial charge in [0.15, 0.2) is 0 Å². The van der Waals surface area contributed by atoms with Crippen LogP contribution in [0.25, 0.3) is 0 Å². The number of urea groups is 1. The highest BCUT2D eigenvalue weighted by Crippen LogP contribution is 2.21. The highest BCUT2D eigenvalue weighted by molar-refractivity contribution is 9.10. The van der Waals surface area contributed by atoms with Crippen molar-refractivity contribution in [3.63, 3.8) is 0 Å². The van der Waals surface area contributed by atoms with Crippen molar-refractivity contribution in [2.45, 2.75) is 12.5 Å². The SMILES string of the molecule is O=C(NCCc1ccc(Br)cc1)NC(c1ccccc1)c1ccccc1. The average Bonchev–Trinajstić information content (AvgIpc) is 2.69. The van der Waals surface area contributed by atoms with E-state index in [1.165, 1.54) is 5.56 Å². The highest BCUT2D eigenvalue weighted by Gasteiger charge is 2.16. The van der Waals surface area contributed by atoms with E-state index in [1.807, 2.05) is 72.8 Å². The third kappa shape index (κ3) is 5.20. The summed E-state index contributed by atoms with van der Waals surface area (Å²) in [4.78, 5) is 12.4. The van der Waals surface area contributed by atoms with Crippen LogP contribution in [0.3, 0.4) is 0 Å². The fourth-order valence-corrected chi connectivity index (χ4v) is 3.07. The number of benzene rings is 3. The van der Waals surface area contributed by atoms with Crippen LogP contribution in [0.5, 0.6) is 0 Å². The lowest BCUT2D eigenvalue weighted by Gasteiger charge is -2.20. The van der Waals surface area contributed by atoms with Crippen LogP contribution in [0.2, 0.25) is 0 Å². The Morgan fingerprint density at radius 2 is 1.35 bits per heavy atom. The molecule has 3 rings (SSSR count). The van der Waals surface area contributed by atoms with Crippen LogP contribution in [-0.4, -0.2) is 12.6 Å². The summed E-state index contributed by atoms with van der Waals surface area (Å²) in [7, 11) is 0. The van der Waals surface area contributed by atoms with Gasteiger partial charge in [-0.2, -0.15) is 0 Å². The molecule has 0 heterocycles. The Balaban J connectivity index is 1.61. The van der Waals surface area contributed by atoms with Gasteiger partial charge in [-0.1, -0.05) is 88.7 Å². The molecule has 0 aromatic heterocycles. The molecular weight excluding hydrogens is 388 g/mol. The molecule has 0 aliphatic heterocycles. The summed E-state index contributed by atoms with van der Waals surface area (Å²) in [6, 6.07) is 27.8. The third-order valence-corrected chi connectivity index (χ3v) is 4.68. The summed E-state index contributed by atoms with van der Waals surface area (Å²) in [6.07, 6.45) is 0.794. The van der Waals surface area contributed by atoms with Crippen LogP contribution in [0.1, 0.15) is 22.7 Å². The fraction of sp³-hybridized carbons (Fsp3) is 0.136. The first-order valence-corrected chi connectivity index (χ1v) is 9.40. The van der Waals surface area contributed by atoms with E-state index in [-0.39, 0.29) is 12.1 Å². The van der Waals surface area contributed by atoms with Gasteiger partial charge in [-0.15, -0.1) is 0 Å². The van der Waals surface area contributed by atoms with Gasteiger partial charge in [0.05, 0.1) is 6.04 Å². The van der Waals surface area contributed by atoms with Gasteiger partial charge in [0, 0.05) is 11.0 Å². The number of amides is 2. The predicted octanol–water partition coefficient (Wildman–Crippen LogP) is 5.08. The first kappa shape index (κ1) is 18.2. The minimum Gasteiger partial charge on any atom is -0.338 e. The van der Waals surface area contributed by atoms with Crippen molar-refractivity contribution in [1.82, 2.24) is 10.6 Å². The van der Waals surface area contributed by atoms with Crippen molar-refractivity contribution >= 4 is 22.0 Å². The lowest BCUT2D eigenvalue weighted by atomic mass is 9.99. The molecule has 3 nitrogen and oxygen atoms in total. The first-order valence-electron chi connectivity index (χ1n) is 8.61. The molecule has 2 N–H and O–H groups in total. The molecule has 0 saturated carbocycles. The number of halogens is 1. The Bertz CT molecular complexity index is 780. The molecule has 0 aliphatic carbocycles. The van der Waals surface area contributed by atoms with Gasteiger partial charge in [0.25, 0.3) is 0 Å². The number of rotatable bonds is 6. The molecule has 132 valence electrons. The van der Waals surface area contributed by atoms with E-state index in [9.17, 15) is 4.79 Å². The summed E-state index contributed by atoms with van der Waals surface area (Å²) >= 11 is 3.43. The Labute approximate surface area is 162 Å². The van der Waals surface area contributed by atoms with Crippen LogP contribution in [0.15, 0.2) is 89.4 Å². The second kappa shape index (κ2) is 9.20. The normalized spacial score (nSPS) is 10.5. The molecule has 0 radical (unpaired) electrons. The standard InChI is InChI=1S/C22H21BrN2O/c23-20-13-11-17(12-14-20)15-16-24-22(26)25-21(18-7-3-1-4-8-18)19-9-5-2-6-10-19/h1-14,21H,15-16H2,(H2,24,25,26). The molecule has 26 heavy (non-hydrogen) atoms. The van der Waals surface area contributed by atoms with Gasteiger partial charge >= 0.3 is 6.03 Å². The number of nitrogens with one attached hydrogen (secondary N) is 2. The Kier molecular flexibility index (Phi) is 6.45. The monoisotopic (exact) mass is 408 g/mol. The van der Waals surface area contributed by atoms with Crippen molar-refractivity contribution in [2.24, 2.45) is 0 Å². The summed E-state index contributed by atoms with van der Waals surface area (Å²) in [6.45, 7) is 0.587. The molecule has 0 fully saturated rings. The lowest BCUT2D eigenvalue weighted by molar-refractivity contribution is 0.239. The van der Waals surface area contributed by atoms with E-state index in [0.29, 0.717) is 6.54 Å². The Morgan fingerprint density at radius 1 is 0.808 bits per heavy atom. The first-order chi connectivity index (χ1) is 12.7. The molecule has 0 atom stereocenters. The maximum atomic E-state index is 12.4. The van der Waals surface area contributed by atoms with Gasteiger partial charge in [0.2, 0.25) is 0 Å². The van der Waals surface area contributed by atoms with E-state index in [2.05, 4.69) is 38.7 Å². The third-order valence-electron chi connectivity index (χ3n) is 4.15. The summed E-state index contributed by atoms with van der Waals surface area (Å²) < 4.78 is 1.06. The molecule has 0 aliphatic rings. The van der Waals surface area contributed by atoms with Crippen LogP contribution in [0, 0.1) is 0 Å². The van der Waals surface area contributed by atoms with Crippen LogP contribution < -0.4 is 10.6 Å². The minimum atomic E-state index is -0.176. The zero-order chi connectivity index (χ0) is 18.2. The zero-order valence-corrected chi connectivity index (χ0v) is 15.9. The van der Waals surface area contributed by atoms with Crippen molar-refractivity contribution in [2.75, 3.05) is 6.54 Å². The maximum Gasteiger partial charge on any atom is 0.315 e. The predicted molar refractivity (Wildman–Crippen MR) is 109 cm³/mol. The molecule has 0 bridgehead atoms. The van der Waals surface area contributed by atoms with E-state index in [1.54, 1.807) is 0 Å². The molecular formula is C22H21BrN2O. The van der Waals surface area contributed by atoms with Crippen molar-refractivity contribution in [1.29, 1.82) is 0 Å². The Hall–Kier alpha value is -2.59. The second-order valence-electron chi connectivity index (χ2n) is 6.03. The number of hydrogen-bond acceptors (Lipinski definition) is 1. The van der Waals surface area contributed by atoms with Crippen molar-refractivity contribution in [3.8, 4) is 0 Å². The smallest absolute Gasteiger partial charge is 0.315 e. The largest absolute Gasteiger partial charge is 0.338 e. The topological polar surface area (TPSA) is 41.1 Å². The van der Waals surface area contributed by atoms with E-state index < -0.39 is 0 Å². The number of hydrogen-bond donors (Lipinski definition) is 2. The van der Waals surface area contributed by atoms with E-state index in [4.69, 9.17) is 0 Å². The minimum absolute atomic E-state index is 0.167. The highest BCUT2D eigenvalue weighted by atomic mass is 79.9. The molecule has 4 heteroatoms. The Morgan fingerprint density at radius 3 is 1.88 bits per heavy atom. The molecule has 0 unspecified atom stereocenters. The van der Waals surface area contributed by atoms with Gasteiger partial charge in [-0.05, 0) is 35.2 Å². The summed E-state index contributed by atoms with van der Waals surface area (Å²) in [5, 5.41) is 6.04. The fourth-order valence-electron chi connectivity index (χ4n) is 2.80. The van der Waals surface area contributed by atoms with E-state index in [0.717, 1.165) is 22.0 Å². The number of carbonyl (C=O) groups excluding carboxylic acids is 1. The van der Waals surface area contributed by atoms with Gasteiger partial charge in [-0.25, -0.2) is 4.79 Å². The zero-order valence-electron chi connectivity index (χ0n) is 14.4. The molecule has 3 aromatic rings. The molecule has 3 aromatic carbocycles. The summed E-state index contributed by atoms with van der Waals surface area (Å²) in [5.74, 6) is 0. The van der Waals surface area contributed by atoms with Crippen LogP contribution in [-0.2, 0) is 6.42 Å². The lowest BCUT2D eigenvalue weighted by Crippen LogP contribution is -2.39. The number of carbonyl (C=O) groups is 1. The second-order valence-corrected chi connectivity index (χ2v) is 6.95. The van der Waals surface area contributed by atoms with E-state index >= 15 is 0 Å². The quantitative estimate of drug-likeness (QED) is 0.586. The van der Waals surface area contributed by atoms with Crippen LogP contribution in [0.4, 0.5) is 4.79 Å². The maximum absolute atomic E-state index is 12.4. The van der Waals surface area contributed by atoms with Gasteiger partial charge < -0.3 is 10.6 Å². The van der Waals surface area contributed by atoms with Crippen molar-refractivity contribution < 1.29 is 4.79 Å².